The van der Waals surface area contributed by atoms with Gasteiger partial charge < -0.3 is 4.74 Å². The van der Waals surface area contributed by atoms with Crippen LogP contribution in [0.4, 0.5) is 0 Å². The van der Waals surface area contributed by atoms with Crippen LogP contribution < -0.4 is 0 Å². The minimum Gasteiger partial charge on any atom is -0.380 e. The van der Waals surface area contributed by atoms with Gasteiger partial charge in [0.15, 0.2) is 0 Å². The third-order valence-corrected chi connectivity index (χ3v) is 3.09. The summed E-state index contributed by atoms with van der Waals surface area (Å²) in [6, 6.07) is 1.28. The molecule has 0 unspecified atom stereocenters. The van der Waals surface area contributed by atoms with Crippen molar-refractivity contribution in [3.8, 4) is 0 Å². The van der Waals surface area contributed by atoms with Gasteiger partial charge in [0.1, 0.15) is 0 Å². The standard InChI is InChI=1S/C12H25NO/c1-10(2)13-7-9-14-8-6-11(13)12(3,4)5/h10-11H,6-9H2,1-5H3/t11-/m0/s1. The summed E-state index contributed by atoms with van der Waals surface area (Å²) in [6.07, 6.45) is 1.17. The minimum absolute atomic E-state index is 0.359. The molecule has 0 spiro atoms. The first kappa shape index (κ1) is 12.0. The molecule has 1 saturated heterocycles. The number of ether oxygens (including phenoxy) is 1. The van der Waals surface area contributed by atoms with Gasteiger partial charge in [-0.1, -0.05) is 20.8 Å². The van der Waals surface area contributed by atoms with Crippen molar-refractivity contribution in [3.63, 3.8) is 0 Å². The highest BCUT2D eigenvalue weighted by Gasteiger charge is 2.32. The highest BCUT2D eigenvalue weighted by atomic mass is 16.5. The molecule has 0 aromatic carbocycles. The summed E-state index contributed by atoms with van der Waals surface area (Å²) >= 11 is 0. The zero-order chi connectivity index (χ0) is 10.8. The van der Waals surface area contributed by atoms with Crippen molar-refractivity contribution >= 4 is 0 Å². The zero-order valence-corrected chi connectivity index (χ0v) is 10.3. The zero-order valence-electron chi connectivity index (χ0n) is 10.3. The van der Waals surface area contributed by atoms with Crippen LogP contribution in [0.15, 0.2) is 0 Å². The lowest BCUT2D eigenvalue weighted by Crippen LogP contribution is -2.47. The van der Waals surface area contributed by atoms with E-state index in [0.29, 0.717) is 17.5 Å². The Balaban J connectivity index is 2.74. The van der Waals surface area contributed by atoms with Crippen molar-refractivity contribution < 1.29 is 4.74 Å². The fourth-order valence-corrected chi connectivity index (χ4v) is 2.34. The Morgan fingerprint density at radius 3 is 2.36 bits per heavy atom. The molecule has 0 aromatic heterocycles. The van der Waals surface area contributed by atoms with E-state index in [1.54, 1.807) is 0 Å². The van der Waals surface area contributed by atoms with Crippen molar-refractivity contribution in [2.24, 2.45) is 5.41 Å². The van der Waals surface area contributed by atoms with Gasteiger partial charge in [0, 0.05) is 25.2 Å². The summed E-state index contributed by atoms with van der Waals surface area (Å²) in [5.41, 5.74) is 0.359. The highest BCUT2D eigenvalue weighted by molar-refractivity contribution is 4.86. The molecule has 0 amide bonds. The highest BCUT2D eigenvalue weighted by Crippen LogP contribution is 2.29. The second-order valence-electron chi connectivity index (χ2n) is 5.61. The van der Waals surface area contributed by atoms with Gasteiger partial charge >= 0.3 is 0 Å². The molecule has 0 saturated carbocycles. The average molecular weight is 199 g/mol. The molecule has 84 valence electrons. The number of hydrogen-bond acceptors (Lipinski definition) is 2. The van der Waals surface area contributed by atoms with Crippen molar-refractivity contribution in [2.45, 2.75) is 53.1 Å². The Morgan fingerprint density at radius 1 is 1.21 bits per heavy atom. The van der Waals surface area contributed by atoms with E-state index in [9.17, 15) is 0 Å². The molecular formula is C12H25NO. The van der Waals surface area contributed by atoms with Gasteiger partial charge in [-0.2, -0.15) is 0 Å². The quantitative estimate of drug-likeness (QED) is 0.643. The van der Waals surface area contributed by atoms with Crippen LogP contribution in [-0.2, 0) is 4.74 Å². The second-order valence-corrected chi connectivity index (χ2v) is 5.61. The van der Waals surface area contributed by atoms with E-state index in [-0.39, 0.29) is 0 Å². The summed E-state index contributed by atoms with van der Waals surface area (Å²) in [4.78, 5) is 2.59. The van der Waals surface area contributed by atoms with Gasteiger partial charge in [-0.15, -0.1) is 0 Å². The average Bonchev–Trinajstić information content (AvgIpc) is 2.26. The van der Waals surface area contributed by atoms with E-state index in [2.05, 4.69) is 39.5 Å². The van der Waals surface area contributed by atoms with E-state index in [1.807, 2.05) is 0 Å². The summed E-state index contributed by atoms with van der Waals surface area (Å²) in [5.74, 6) is 0. The first-order valence-electron chi connectivity index (χ1n) is 5.76. The molecule has 1 rings (SSSR count). The molecule has 0 aromatic rings. The van der Waals surface area contributed by atoms with E-state index < -0.39 is 0 Å². The van der Waals surface area contributed by atoms with Crippen molar-refractivity contribution in [3.05, 3.63) is 0 Å². The molecule has 0 aliphatic carbocycles. The van der Waals surface area contributed by atoms with Gasteiger partial charge in [0.25, 0.3) is 0 Å². The topological polar surface area (TPSA) is 12.5 Å². The van der Waals surface area contributed by atoms with Crippen LogP contribution >= 0.6 is 0 Å². The molecule has 0 bridgehead atoms. The maximum atomic E-state index is 5.56. The molecule has 1 fully saturated rings. The maximum Gasteiger partial charge on any atom is 0.0593 e. The molecule has 1 aliphatic rings. The summed E-state index contributed by atoms with van der Waals surface area (Å²) in [6.45, 7) is 14.5. The summed E-state index contributed by atoms with van der Waals surface area (Å²) in [5, 5.41) is 0. The van der Waals surface area contributed by atoms with Gasteiger partial charge in [0.05, 0.1) is 6.61 Å². The first-order chi connectivity index (χ1) is 6.43. The van der Waals surface area contributed by atoms with Crippen LogP contribution in [0.1, 0.15) is 41.0 Å². The largest absolute Gasteiger partial charge is 0.380 e. The van der Waals surface area contributed by atoms with Crippen LogP contribution in [-0.4, -0.2) is 36.7 Å². The monoisotopic (exact) mass is 199 g/mol. The van der Waals surface area contributed by atoms with Crippen LogP contribution in [0, 0.1) is 5.41 Å². The Bertz CT molecular complexity index is 172. The van der Waals surface area contributed by atoms with Crippen LogP contribution in [0.5, 0.6) is 0 Å². The van der Waals surface area contributed by atoms with Gasteiger partial charge in [-0.05, 0) is 25.7 Å². The lowest BCUT2D eigenvalue weighted by molar-refractivity contribution is 0.0758. The predicted octanol–water partition coefficient (Wildman–Crippen LogP) is 2.53. The lowest BCUT2D eigenvalue weighted by atomic mass is 9.83. The molecule has 0 radical (unpaired) electrons. The van der Waals surface area contributed by atoms with Crippen LogP contribution in [0.25, 0.3) is 0 Å². The molecule has 1 aliphatic heterocycles. The molecule has 14 heavy (non-hydrogen) atoms. The SMILES string of the molecule is CC(C)N1CCOCC[C@H]1C(C)(C)C. The Kier molecular flexibility index (Phi) is 3.96. The van der Waals surface area contributed by atoms with Crippen LogP contribution in [0.3, 0.4) is 0 Å². The molecule has 1 atom stereocenters. The van der Waals surface area contributed by atoms with Crippen molar-refractivity contribution in [1.82, 2.24) is 4.90 Å². The van der Waals surface area contributed by atoms with Gasteiger partial charge in [-0.25, -0.2) is 0 Å². The summed E-state index contributed by atoms with van der Waals surface area (Å²) < 4.78 is 5.56. The minimum atomic E-state index is 0.359. The first-order valence-corrected chi connectivity index (χ1v) is 5.76. The number of nitrogens with zero attached hydrogens (tertiary/aromatic N) is 1. The molecule has 2 heteroatoms. The van der Waals surface area contributed by atoms with Gasteiger partial charge in [-0.3, -0.25) is 4.90 Å². The normalized spacial score (nSPS) is 26.6. The Labute approximate surface area is 88.6 Å². The molecular weight excluding hydrogens is 174 g/mol. The lowest BCUT2D eigenvalue weighted by Gasteiger charge is -2.41. The molecule has 1 heterocycles. The van der Waals surface area contributed by atoms with E-state index >= 15 is 0 Å². The predicted molar refractivity (Wildman–Crippen MR) is 60.5 cm³/mol. The molecule has 2 nitrogen and oxygen atoms in total. The van der Waals surface area contributed by atoms with E-state index in [4.69, 9.17) is 4.74 Å². The fourth-order valence-electron chi connectivity index (χ4n) is 2.34. The fraction of sp³-hybridized carbons (Fsp3) is 1.00. The number of rotatable bonds is 1. The second kappa shape index (κ2) is 4.63. The van der Waals surface area contributed by atoms with E-state index in [1.165, 1.54) is 6.42 Å². The molecule has 0 N–H and O–H groups in total. The summed E-state index contributed by atoms with van der Waals surface area (Å²) in [7, 11) is 0. The van der Waals surface area contributed by atoms with E-state index in [0.717, 1.165) is 19.8 Å². The third kappa shape index (κ3) is 2.96. The van der Waals surface area contributed by atoms with Crippen LogP contribution in [0.2, 0.25) is 0 Å². The number of hydrogen-bond donors (Lipinski definition) is 0. The van der Waals surface area contributed by atoms with Gasteiger partial charge in [0.2, 0.25) is 0 Å². The van der Waals surface area contributed by atoms with Crippen molar-refractivity contribution in [1.29, 1.82) is 0 Å². The third-order valence-electron chi connectivity index (χ3n) is 3.09. The smallest absolute Gasteiger partial charge is 0.0593 e. The van der Waals surface area contributed by atoms with Crippen molar-refractivity contribution in [2.75, 3.05) is 19.8 Å². The Hall–Kier alpha value is -0.0800. The maximum absolute atomic E-state index is 5.56. The Morgan fingerprint density at radius 2 is 1.86 bits per heavy atom.